The lowest BCUT2D eigenvalue weighted by Crippen LogP contribution is -2.13. The Labute approximate surface area is 115 Å². The van der Waals surface area contributed by atoms with Gasteiger partial charge in [-0.05, 0) is 47.9 Å². The van der Waals surface area contributed by atoms with Crippen LogP contribution in [-0.2, 0) is 0 Å². The predicted molar refractivity (Wildman–Crippen MR) is 76.4 cm³/mol. The standard InChI is InChI=1S/C14H13BrClN/c1-9-8-12(16)6-7-13(9)14(17)10-2-4-11(15)5-3-10/h2-8,14H,17H2,1H3. The molecule has 0 saturated heterocycles. The molecule has 0 aliphatic heterocycles. The minimum Gasteiger partial charge on any atom is -0.320 e. The molecule has 0 saturated carbocycles. The smallest absolute Gasteiger partial charge is 0.0554 e. The summed E-state index contributed by atoms with van der Waals surface area (Å²) in [6.07, 6.45) is 0. The number of hydrogen-bond acceptors (Lipinski definition) is 1. The van der Waals surface area contributed by atoms with Crippen molar-refractivity contribution in [2.45, 2.75) is 13.0 Å². The van der Waals surface area contributed by atoms with E-state index in [-0.39, 0.29) is 6.04 Å². The van der Waals surface area contributed by atoms with Gasteiger partial charge in [0.2, 0.25) is 0 Å². The summed E-state index contributed by atoms with van der Waals surface area (Å²) in [5.41, 5.74) is 9.58. The molecule has 0 aliphatic carbocycles. The maximum atomic E-state index is 6.26. The minimum atomic E-state index is -0.111. The summed E-state index contributed by atoms with van der Waals surface area (Å²) in [5.74, 6) is 0. The van der Waals surface area contributed by atoms with E-state index in [9.17, 15) is 0 Å². The molecule has 0 fully saturated rings. The average Bonchev–Trinajstić information content (AvgIpc) is 2.29. The first-order valence-electron chi connectivity index (χ1n) is 5.35. The summed E-state index contributed by atoms with van der Waals surface area (Å²) < 4.78 is 1.06. The van der Waals surface area contributed by atoms with Gasteiger partial charge in [-0.2, -0.15) is 0 Å². The molecular weight excluding hydrogens is 298 g/mol. The third-order valence-corrected chi connectivity index (χ3v) is 3.56. The first kappa shape index (κ1) is 12.6. The highest BCUT2D eigenvalue weighted by molar-refractivity contribution is 9.10. The fourth-order valence-electron chi connectivity index (χ4n) is 1.84. The van der Waals surface area contributed by atoms with Crippen LogP contribution < -0.4 is 5.73 Å². The Balaban J connectivity index is 2.36. The molecule has 3 heteroatoms. The van der Waals surface area contributed by atoms with Crippen LogP contribution in [0.4, 0.5) is 0 Å². The van der Waals surface area contributed by atoms with E-state index in [1.807, 2.05) is 49.4 Å². The van der Waals surface area contributed by atoms with Crippen LogP contribution in [0.2, 0.25) is 5.02 Å². The summed E-state index contributed by atoms with van der Waals surface area (Å²) in [7, 11) is 0. The van der Waals surface area contributed by atoms with Crippen LogP contribution in [0.3, 0.4) is 0 Å². The molecule has 17 heavy (non-hydrogen) atoms. The maximum Gasteiger partial charge on any atom is 0.0554 e. The molecule has 88 valence electrons. The molecule has 0 bridgehead atoms. The zero-order valence-corrected chi connectivity index (χ0v) is 11.8. The van der Waals surface area contributed by atoms with Crippen LogP contribution in [0.15, 0.2) is 46.9 Å². The SMILES string of the molecule is Cc1cc(Cl)ccc1C(N)c1ccc(Br)cc1. The van der Waals surface area contributed by atoms with Gasteiger partial charge < -0.3 is 5.73 Å². The number of aryl methyl sites for hydroxylation is 1. The number of nitrogens with two attached hydrogens (primary N) is 1. The lowest BCUT2D eigenvalue weighted by molar-refractivity contribution is 0.861. The van der Waals surface area contributed by atoms with Crippen molar-refractivity contribution in [3.05, 3.63) is 68.7 Å². The molecular formula is C14H13BrClN. The third kappa shape index (κ3) is 2.89. The lowest BCUT2D eigenvalue weighted by Gasteiger charge is -2.15. The molecule has 1 nitrogen and oxygen atoms in total. The van der Waals surface area contributed by atoms with Gasteiger partial charge in [0.15, 0.2) is 0 Å². The van der Waals surface area contributed by atoms with Crippen LogP contribution in [-0.4, -0.2) is 0 Å². The molecule has 0 aromatic heterocycles. The van der Waals surface area contributed by atoms with E-state index in [4.69, 9.17) is 17.3 Å². The Morgan fingerprint density at radius 1 is 1.12 bits per heavy atom. The fourth-order valence-corrected chi connectivity index (χ4v) is 2.33. The van der Waals surface area contributed by atoms with Crippen molar-refractivity contribution in [2.24, 2.45) is 5.73 Å². The summed E-state index contributed by atoms with van der Waals surface area (Å²) in [6, 6.07) is 13.8. The van der Waals surface area contributed by atoms with E-state index < -0.39 is 0 Å². The molecule has 2 N–H and O–H groups in total. The van der Waals surface area contributed by atoms with E-state index in [1.165, 1.54) is 0 Å². The number of rotatable bonds is 2. The van der Waals surface area contributed by atoms with Crippen LogP contribution in [0, 0.1) is 6.92 Å². The zero-order chi connectivity index (χ0) is 12.4. The lowest BCUT2D eigenvalue weighted by atomic mass is 9.96. The number of hydrogen-bond donors (Lipinski definition) is 1. The van der Waals surface area contributed by atoms with Gasteiger partial charge in [0, 0.05) is 9.50 Å². The van der Waals surface area contributed by atoms with Crippen LogP contribution in [0.1, 0.15) is 22.7 Å². The largest absolute Gasteiger partial charge is 0.320 e. The van der Waals surface area contributed by atoms with Crippen LogP contribution in [0.5, 0.6) is 0 Å². The topological polar surface area (TPSA) is 26.0 Å². The van der Waals surface area contributed by atoms with Gasteiger partial charge in [0.05, 0.1) is 6.04 Å². The van der Waals surface area contributed by atoms with Gasteiger partial charge in [-0.15, -0.1) is 0 Å². The quantitative estimate of drug-likeness (QED) is 0.871. The van der Waals surface area contributed by atoms with Gasteiger partial charge in [0.25, 0.3) is 0 Å². The van der Waals surface area contributed by atoms with E-state index in [0.717, 1.165) is 26.2 Å². The molecule has 2 aromatic rings. The Bertz CT molecular complexity index is 522. The molecule has 0 aliphatic rings. The molecule has 0 radical (unpaired) electrons. The molecule has 1 unspecified atom stereocenters. The number of benzene rings is 2. The second-order valence-electron chi connectivity index (χ2n) is 4.03. The van der Waals surface area contributed by atoms with E-state index in [1.54, 1.807) is 0 Å². The summed E-state index contributed by atoms with van der Waals surface area (Å²) in [5, 5.41) is 0.745. The normalized spacial score (nSPS) is 12.5. The predicted octanol–water partition coefficient (Wildman–Crippen LogP) is 4.46. The molecule has 1 atom stereocenters. The van der Waals surface area contributed by atoms with Crippen LogP contribution >= 0.6 is 27.5 Å². The van der Waals surface area contributed by atoms with E-state index in [0.29, 0.717) is 0 Å². The van der Waals surface area contributed by atoms with Crippen molar-refractivity contribution in [2.75, 3.05) is 0 Å². The molecule has 0 spiro atoms. The monoisotopic (exact) mass is 309 g/mol. The van der Waals surface area contributed by atoms with Crippen molar-refractivity contribution < 1.29 is 0 Å². The zero-order valence-electron chi connectivity index (χ0n) is 9.45. The molecule has 0 heterocycles. The molecule has 2 rings (SSSR count). The van der Waals surface area contributed by atoms with Crippen molar-refractivity contribution >= 4 is 27.5 Å². The Kier molecular flexibility index (Phi) is 3.87. The first-order chi connectivity index (χ1) is 8.08. The minimum absolute atomic E-state index is 0.111. The van der Waals surface area contributed by atoms with Gasteiger partial charge in [-0.1, -0.05) is 45.7 Å². The van der Waals surface area contributed by atoms with Gasteiger partial charge >= 0.3 is 0 Å². The van der Waals surface area contributed by atoms with Gasteiger partial charge in [-0.25, -0.2) is 0 Å². The van der Waals surface area contributed by atoms with Gasteiger partial charge in [-0.3, -0.25) is 0 Å². The molecule has 0 amide bonds. The highest BCUT2D eigenvalue weighted by atomic mass is 79.9. The summed E-state index contributed by atoms with van der Waals surface area (Å²) in [6.45, 7) is 2.03. The fraction of sp³-hybridized carbons (Fsp3) is 0.143. The Morgan fingerprint density at radius 3 is 2.35 bits per heavy atom. The second-order valence-corrected chi connectivity index (χ2v) is 5.38. The van der Waals surface area contributed by atoms with Crippen molar-refractivity contribution in [1.29, 1.82) is 0 Å². The van der Waals surface area contributed by atoms with E-state index >= 15 is 0 Å². The van der Waals surface area contributed by atoms with Crippen molar-refractivity contribution in [3.8, 4) is 0 Å². The Morgan fingerprint density at radius 2 is 1.76 bits per heavy atom. The van der Waals surface area contributed by atoms with E-state index in [2.05, 4.69) is 15.9 Å². The van der Waals surface area contributed by atoms with Gasteiger partial charge in [0.1, 0.15) is 0 Å². The maximum absolute atomic E-state index is 6.26. The van der Waals surface area contributed by atoms with Crippen molar-refractivity contribution in [3.63, 3.8) is 0 Å². The van der Waals surface area contributed by atoms with Crippen LogP contribution in [0.25, 0.3) is 0 Å². The average molecular weight is 311 g/mol. The summed E-state index contributed by atoms with van der Waals surface area (Å²) >= 11 is 9.36. The number of halogens is 2. The van der Waals surface area contributed by atoms with Crippen molar-refractivity contribution in [1.82, 2.24) is 0 Å². The highest BCUT2D eigenvalue weighted by Crippen LogP contribution is 2.25. The Hall–Kier alpha value is -0.830. The second kappa shape index (κ2) is 5.21. The first-order valence-corrected chi connectivity index (χ1v) is 6.52. The molecule has 2 aromatic carbocycles. The highest BCUT2D eigenvalue weighted by Gasteiger charge is 2.11. The third-order valence-electron chi connectivity index (χ3n) is 2.80. The summed E-state index contributed by atoms with van der Waals surface area (Å²) in [4.78, 5) is 0.